The van der Waals surface area contributed by atoms with E-state index in [4.69, 9.17) is 4.52 Å². The molecule has 2 fully saturated rings. The van der Waals surface area contributed by atoms with E-state index in [1.54, 1.807) is 0 Å². The van der Waals surface area contributed by atoms with Crippen molar-refractivity contribution in [1.82, 2.24) is 15.0 Å². The van der Waals surface area contributed by atoms with Gasteiger partial charge < -0.3 is 9.42 Å². The van der Waals surface area contributed by atoms with Gasteiger partial charge in [0.05, 0.1) is 12.0 Å². The molecule has 0 spiro atoms. The van der Waals surface area contributed by atoms with Crippen LogP contribution in [-0.2, 0) is 11.2 Å². The summed E-state index contributed by atoms with van der Waals surface area (Å²) >= 11 is 0. The summed E-state index contributed by atoms with van der Waals surface area (Å²) in [4.78, 5) is 19.8. The van der Waals surface area contributed by atoms with Crippen LogP contribution in [0.1, 0.15) is 72.8 Å². The average Bonchev–Trinajstić information content (AvgIpc) is 3.06. The van der Waals surface area contributed by atoms with Crippen molar-refractivity contribution in [2.45, 2.75) is 56.4 Å². The molecule has 2 heterocycles. The zero-order valence-corrected chi connectivity index (χ0v) is 13.6. The SMILES string of the molecule is O=C([C@@H]1CCc2ccccc21)N1CCC[C@H]1c1noc(C2CC2)n1. The Labute approximate surface area is 141 Å². The first-order valence-electron chi connectivity index (χ1n) is 9.03. The summed E-state index contributed by atoms with van der Waals surface area (Å²) in [5.74, 6) is 2.15. The van der Waals surface area contributed by atoms with E-state index in [9.17, 15) is 4.79 Å². The quantitative estimate of drug-likeness (QED) is 0.869. The maximum absolute atomic E-state index is 13.2. The summed E-state index contributed by atoms with van der Waals surface area (Å²) in [6, 6.07) is 8.33. The smallest absolute Gasteiger partial charge is 0.230 e. The highest BCUT2D eigenvalue weighted by Gasteiger charge is 2.40. The molecular formula is C19H21N3O2. The number of hydrogen-bond acceptors (Lipinski definition) is 4. The molecule has 5 nitrogen and oxygen atoms in total. The van der Waals surface area contributed by atoms with Gasteiger partial charge >= 0.3 is 0 Å². The lowest BCUT2D eigenvalue weighted by atomic mass is 9.99. The van der Waals surface area contributed by atoms with Gasteiger partial charge in [0, 0.05) is 12.5 Å². The number of rotatable bonds is 3. The summed E-state index contributed by atoms with van der Waals surface area (Å²) in [5, 5.41) is 4.18. The molecule has 2 aliphatic carbocycles. The van der Waals surface area contributed by atoms with Crippen molar-refractivity contribution >= 4 is 5.91 Å². The van der Waals surface area contributed by atoms with E-state index in [1.165, 1.54) is 11.1 Å². The highest BCUT2D eigenvalue weighted by atomic mass is 16.5. The Bertz CT molecular complexity index is 780. The van der Waals surface area contributed by atoms with Crippen LogP contribution in [0.25, 0.3) is 0 Å². The molecule has 2 aromatic rings. The van der Waals surface area contributed by atoms with E-state index in [-0.39, 0.29) is 17.9 Å². The molecule has 0 N–H and O–H groups in total. The number of fused-ring (bicyclic) bond motifs is 1. The first-order valence-corrected chi connectivity index (χ1v) is 9.03. The third-order valence-corrected chi connectivity index (χ3v) is 5.65. The highest BCUT2D eigenvalue weighted by Crippen LogP contribution is 2.41. The minimum absolute atomic E-state index is 0.00314. The van der Waals surface area contributed by atoms with E-state index in [1.807, 2.05) is 11.0 Å². The van der Waals surface area contributed by atoms with Crippen molar-refractivity contribution in [2.24, 2.45) is 0 Å². The van der Waals surface area contributed by atoms with Gasteiger partial charge in [-0.1, -0.05) is 29.4 Å². The number of carbonyl (C=O) groups is 1. The molecule has 124 valence electrons. The van der Waals surface area contributed by atoms with E-state index in [2.05, 4.69) is 28.3 Å². The minimum atomic E-state index is -0.0125. The number of amides is 1. The second kappa shape index (κ2) is 5.43. The first-order chi connectivity index (χ1) is 11.8. The Morgan fingerprint density at radius 1 is 1.17 bits per heavy atom. The van der Waals surface area contributed by atoms with Gasteiger partial charge in [-0.3, -0.25) is 4.79 Å². The maximum atomic E-state index is 13.2. The maximum Gasteiger partial charge on any atom is 0.230 e. The number of aromatic nitrogens is 2. The van der Waals surface area contributed by atoms with Crippen LogP contribution in [0.2, 0.25) is 0 Å². The van der Waals surface area contributed by atoms with Gasteiger partial charge in [0.1, 0.15) is 0 Å². The molecule has 3 aliphatic rings. The van der Waals surface area contributed by atoms with Gasteiger partial charge in [0.2, 0.25) is 11.8 Å². The average molecular weight is 323 g/mol. The molecule has 5 rings (SSSR count). The van der Waals surface area contributed by atoms with E-state index in [0.717, 1.165) is 51.0 Å². The number of aryl methyl sites for hydroxylation is 1. The lowest BCUT2D eigenvalue weighted by Gasteiger charge is -2.25. The molecule has 1 saturated carbocycles. The molecule has 1 amide bonds. The van der Waals surface area contributed by atoms with Gasteiger partial charge in [-0.2, -0.15) is 4.98 Å². The van der Waals surface area contributed by atoms with Crippen LogP contribution in [0.15, 0.2) is 28.8 Å². The monoisotopic (exact) mass is 323 g/mol. The zero-order chi connectivity index (χ0) is 16.1. The molecule has 5 heteroatoms. The van der Waals surface area contributed by atoms with E-state index >= 15 is 0 Å². The lowest BCUT2D eigenvalue weighted by Crippen LogP contribution is -2.34. The second-order valence-electron chi connectivity index (χ2n) is 7.24. The zero-order valence-electron chi connectivity index (χ0n) is 13.6. The minimum Gasteiger partial charge on any atom is -0.339 e. The topological polar surface area (TPSA) is 59.2 Å². The van der Waals surface area contributed by atoms with Crippen LogP contribution >= 0.6 is 0 Å². The first kappa shape index (κ1) is 14.2. The molecule has 0 bridgehead atoms. The van der Waals surface area contributed by atoms with Crippen LogP contribution < -0.4 is 0 Å². The van der Waals surface area contributed by atoms with Gasteiger partial charge in [-0.25, -0.2) is 0 Å². The Kier molecular flexibility index (Phi) is 3.21. The van der Waals surface area contributed by atoms with Crippen LogP contribution in [0.4, 0.5) is 0 Å². The largest absolute Gasteiger partial charge is 0.339 e. The fourth-order valence-electron chi connectivity index (χ4n) is 4.19. The highest BCUT2D eigenvalue weighted by molar-refractivity contribution is 5.85. The van der Waals surface area contributed by atoms with Crippen molar-refractivity contribution in [2.75, 3.05) is 6.54 Å². The number of benzene rings is 1. The number of likely N-dealkylation sites (tertiary alicyclic amines) is 1. The number of hydrogen-bond donors (Lipinski definition) is 0. The summed E-state index contributed by atoms with van der Waals surface area (Å²) < 4.78 is 5.41. The van der Waals surface area contributed by atoms with E-state index in [0.29, 0.717) is 11.7 Å². The molecule has 1 aliphatic heterocycles. The van der Waals surface area contributed by atoms with Crippen molar-refractivity contribution in [1.29, 1.82) is 0 Å². The lowest BCUT2D eigenvalue weighted by molar-refractivity contribution is -0.133. The van der Waals surface area contributed by atoms with Crippen molar-refractivity contribution in [3.63, 3.8) is 0 Å². The van der Waals surface area contributed by atoms with Gasteiger partial charge in [-0.15, -0.1) is 0 Å². The summed E-state index contributed by atoms with van der Waals surface area (Å²) in [6.45, 7) is 0.801. The molecule has 1 saturated heterocycles. The van der Waals surface area contributed by atoms with Crippen LogP contribution in [0.3, 0.4) is 0 Å². The van der Waals surface area contributed by atoms with Gasteiger partial charge in [0.25, 0.3) is 0 Å². The summed E-state index contributed by atoms with van der Waals surface area (Å²) in [6.07, 6.45) is 6.16. The number of carbonyl (C=O) groups excluding carboxylic acids is 1. The Hall–Kier alpha value is -2.17. The fourth-order valence-corrected chi connectivity index (χ4v) is 4.19. The van der Waals surface area contributed by atoms with Crippen molar-refractivity contribution in [3.8, 4) is 0 Å². The third-order valence-electron chi connectivity index (χ3n) is 5.65. The number of nitrogens with zero attached hydrogens (tertiary/aromatic N) is 3. The Balaban J connectivity index is 1.40. The Morgan fingerprint density at radius 2 is 2.04 bits per heavy atom. The molecule has 24 heavy (non-hydrogen) atoms. The molecule has 1 aromatic heterocycles. The van der Waals surface area contributed by atoms with Crippen LogP contribution in [0.5, 0.6) is 0 Å². The van der Waals surface area contributed by atoms with Gasteiger partial charge in [0.15, 0.2) is 5.82 Å². The third kappa shape index (κ3) is 2.26. The van der Waals surface area contributed by atoms with Crippen LogP contribution in [0, 0.1) is 0 Å². The predicted molar refractivity (Wildman–Crippen MR) is 87.5 cm³/mol. The molecule has 0 radical (unpaired) electrons. The summed E-state index contributed by atoms with van der Waals surface area (Å²) in [7, 11) is 0. The van der Waals surface area contributed by atoms with Crippen molar-refractivity contribution in [3.05, 3.63) is 47.1 Å². The fraction of sp³-hybridized carbons (Fsp3) is 0.526. The normalized spacial score (nSPS) is 25.9. The Morgan fingerprint density at radius 3 is 2.92 bits per heavy atom. The second-order valence-corrected chi connectivity index (χ2v) is 7.24. The predicted octanol–water partition coefficient (Wildman–Crippen LogP) is 3.34. The molecule has 1 aromatic carbocycles. The standard InChI is InChI=1S/C19H21N3O2/c23-19(15-10-9-12-4-1-2-5-14(12)15)22-11-3-6-16(22)17-20-18(24-21-17)13-7-8-13/h1-2,4-5,13,15-16H,3,6-11H2/t15-,16+/m1/s1. The van der Waals surface area contributed by atoms with Gasteiger partial charge in [-0.05, 0) is 49.7 Å². The van der Waals surface area contributed by atoms with Crippen molar-refractivity contribution < 1.29 is 9.32 Å². The summed E-state index contributed by atoms with van der Waals surface area (Å²) in [5.41, 5.74) is 2.53. The molecule has 0 unspecified atom stereocenters. The molecular weight excluding hydrogens is 302 g/mol. The molecule has 2 atom stereocenters. The van der Waals surface area contributed by atoms with E-state index < -0.39 is 0 Å². The van der Waals surface area contributed by atoms with Crippen LogP contribution in [-0.4, -0.2) is 27.5 Å².